The van der Waals surface area contributed by atoms with Crippen LogP contribution in [0.5, 0.6) is 11.5 Å². The average Bonchev–Trinajstić information content (AvgIpc) is 2.45. The van der Waals surface area contributed by atoms with E-state index >= 15 is 0 Å². The van der Waals surface area contributed by atoms with Crippen molar-refractivity contribution in [2.45, 2.75) is 39.3 Å². The van der Waals surface area contributed by atoms with E-state index in [-0.39, 0.29) is 11.9 Å². The first kappa shape index (κ1) is 17.1. The first-order chi connectivity index (χ1) is 10.4. The van der Waals surface area contributed by atoms with Crippen LogP contribution in [-0.2, 0) is 4.79 Å². The van der Waals surface area contributed by atoms with Gasteiger partial charge in [-0.1, -0.05) is 29.8 Å². The zero-order valence-electron chi connectivity index (χ0n) is 13.2. The van der Waals surface area contributed by atoms with Gasteiger partial charge in [0.05, 0.1) is 12.1 Å². The van der Waals surface area contributed by atoms with Gasteiger partial charge in [0.25, 0.3) is 0 Å². The van der Waals surface area contributed by atoms with Gasteiger partial charge in [-0.2, -0.15) is 0 Å². The van der Waals surface area contributed by atoms with Crippen LogP contribution >= 0.6 is 15.9 Å². The number of nitrogens with one attached hydrogen (secondary N) is 1. The molecule has 0 fully saturated rings. The number of nitrogens with two attached hydrogens (primary N) is 1. The third-order valence-electron chi connectivity index (χ3n) is 3.55. The van der Waals surface area contributed by atoms with Gasteiger partial charge in [-0.25, -0.2) is 0 Å². The van der Waals surface area contributed by atoms with Gasteiger partial charge in [0, 0.05) is 4.47 Å². The molecule has 5 nitrogen and oxygen atoms in total. The Hall–Kier alpha value is -1.27. The molecular formula is C16H23BrN2O3. The molecule has 6 heteroatoms. The number of carbonyl (C=O) groups excluding carboxylic acids is 1. The fraction of sp³-hybridized carbons (Fsp3) is 0.562. The third kappa shape index (κ3) is 4.14. The van der Waals surface area contributed by atoms with Crippen molar-refractivity contribution in [3.63, 3.8) is 0 Å². The highest BCUT2D eigenvalue weighted by atomic mass is 79.9. The van der Waals surface area contributed by atoms with Crippen LogP contribution in [0.2, 0.25) is 0 Å². The van der Waals surface area contributed by atoms with E-state index < -0.39 is 6.04 Å². The van der Waals surface area contributed by atoms with E-state index in [1.165, 1.54) is 0 Å². The van der Waals surface area contributed by atoms with Gasteiger partial charge in [-0.15, -0.1) is 0 Å². The topological polar surface area (TPSA) is 73.6 Å². The van der Waals surface area contributed by atoms with E-state index in [1.807, 2.05) is 32.9 Å². The second-order valence-electron chi connectivity index (χ2n) is 5.98. The van der Waals surface area contributed by atoms with Gasteiger partial charge in [-0.05, 0) is 37.0 Å². The van der Waals surface area contributed by atoms with Crippen LogP contribution in [0.15, 0.2) is 16.6 Å². The van der Waals surface area contributed by atoms with Gasteiger partial charge >= 0.3 is 0 Å². The predicted molar refractivity (Wildman–Crippen MR) is 89.1 cm³/mol. The Labute approximate surface area is 139 Å². The van der Waals surface area contributed by atoms with Crippen LogP contribution in [0, 0.1) is 5.92 Å². The van der Waals surface area contributed by atoms with Crippen molar-refractivity contribution in [3.05, 3.63) is 22.2 Å². The molecule has 2 rings (SSSR count). The highest BCUT2D eigenvalue weighted by Gasteiger charge is 2.21. The van der Waals surface area contributed by atoms with E-state index in [9.17, 15) is 4.79 Å². The van der Waals surface area contributed by atoms with Crippen molar-refractivity contribution < 1.29 is 14.3 Å². The van der Waals surface area contributed by atoms with Crippen LogP contribution < -0.4 is 20.5 Å². The summed E-state index contributed by atoms with van der Waals surface area (Å²) in [6.07, 6.45) is 0.668. The minimum absolute atomic E-state index is 0.136. The number of hydrogen-bond acceptors (Lipinski definition) is 4. The molecule has 1 unspecified atom stereocenters. The zero-order valence-corrected chi connectivity index (χ0v) is 14.8. The maximum absolute atomic E-state index is 12.2. The summed E-state index contributed by atoms with van der Waals surface area (Å²) in [6, 6.07) is 3.12. The largest absolute Gasteiger partial charge is 0.486 e. The lowest BCUT2D eigenvalue weighted by atomic mass is 10.0. The van der Waals surface area contributed by atoms with Gasteiger partial charge in [0.1, 0.15) is 13.2 Å². The van der Waals surface area contributed by atoms with Gasteiger partial charge in [0.2, 0.25) is 5.91 Å². The Bertz CT molecular complexity index is 548. The van der Waals surface area contributed by atoms with Crippen molar-refractivity contribution in [2.75, 3.05) is 13.2 Å². The summed E-state index contributed by atoms with van der Waals surface area (Å²) in [5.41, 5.74) is 6.86. The summed E-state index contributed by atoms with van der Waals surface area (Å²) in [5, 5.41) is 2.96. The monoisotopic (exact) mass is 370 g/mol. The molecule has 22 heavy (non-hydrogen) atoms. The molecule has 1 aromatic rings. The van der Waals surface area contributed by atoms with Crippen LogP contribution in [0.4, 0.5) is 0 Å². The molecule has 122 valence electrons. The summed E-state index contributed by atoms with van der Waals surface area (Å²) in [5.74, 6) is 1.68. The fourth-order valence-electron chi connectivity index (χ4n) is 2.42. The Morgan fingerprint density at radius 3 is 2.45 bits per heavy atom. The molecule has 0 spiro atoms. The molecule has 0 aromatic heterocycles. The molecule has 2 atom stereocenters. The number of carbonyl (C=O) groups is 1. The molecule has 1 heterocycles. The Balaban J connectivity index is 2.09. The van der Waals surface area contributed by atoms with Crippen molar-refractivity contribution in [3.8, 4) is 11.5 Å². The first-order valence-corrected chi connectivity index (χ1v) is 8.32. The Morgan fingerprint density at radius 2 is 1.86 bits per heavy atom. The van der Waals surface area contributed by atoms with Gasteiger partial charge in [0.15, 0.2) is 11.5 Å². The second-order valence-corrected chi connectivity index (χ2v) is 6.84. The lowest BCUT2D eigenvalue weighted by molar-refractivity contribution is -0.123. The molecular weight excluding hydrogens is 348 g/mol. The van der Waals surface area contributed by atoms with Gasteiger partial charge < -0.3 is 20.5 Å². The highest BCUT2D eigenvalue weighted by Crippen LogP contribution is 2.37. The van der Waals surface area contributed by atoms with Crippen LogP contribution in [0.1, 0.15) is 38.8 Å². The molecule has 0 radical (unpaired) electrons. The lowest BCUT2D eigenvalue weighted by Gasteiger charge is -2.23. The Kier molecular flexibility index (Phi) is 5.69. The van der Waals surface area contributed by atoms with E-state index in [2.05, 4.69) is 21.2 Å². The molecule has 0 saturated heterocycles. The fourth-order valence-corrected chi connectivity index (χ4v) is 3.09. The molecule has 0 saturated carbocycles. The van der Waals surface area contributed by atoms with Crippen LogP contribution in [0.3, 0.4) is 0 Å². The third-order valence-corrected chi connectivity index (χ3v) is 4.24. The molecule has 0 aliphatic carbocycles. The minimum atomic E-state index is -0.488. The second kappa shape index (κ2) is 7.33. The number of fused-ring (bicyclic) bond motifs is 1. The molecule has 0 bridgehead atoms. The highest BCUT2D eigenvalue weighted by molar-refractivity contribution is 9.10. The molecule has 1 aromatic carbocycles. The standard InChI is InChI=1S/C16H23BrN2O3/c1-9(2)6-13(18)16(20)19-10(3)11-7-14-15(8-12(11)17)22-5-4-21-14/h7-10,13H,4-6,18H2,1-3H3,(H,19,20)/t10?,13-/m0/s1. The molecule has 3 N–H and O–H groups in total. The number of benzene rings is 1. The molecule has 1 aliphatic heterocycles. The van der Waals surface area contributed by atoms with E-state index in [1.54, 1.807) is 0 Å². The summed E-state index contributed by atoms with van der Waals surface area (Å²) < 4.78 is 12.0. The van der Waals surface area contributed by atoms with E-state index in [0.717, 1.165) is 15.8 Å². The average molecular weight is 371 g/mol. The summed E-state index contributed by atoms with van der Waals surface area (Å²) in [7, 11) is 0. The number of rotatable bonds is 5. The summed E-state index contributed by atoms with van der Waals surface area (Å²) in [4.78, 5) is 12.2. The zero-order chi connectivity index (χ0) is 16.3. The van der Waals surface area contributed by atoms with Gasteiger partial charge in [-0.3, -0.25) is 4.79 Å². The van der Waals surface area contributed by atoms with Crippen molar-refractivity contribution in [1.82, 2.24) is 5.32 Å². The van der Waals surface area contributed by atoms with Crippen LogP contribution in [-0.4, -0.2) is 25.2 Å². The smallest absolute Gasteiger partial charge is 0.237 e. The first-order valence-electron chi connectivity index (χ1n) is 7.53. The molecule has 1 aliphatic rings. The summed E-state index contributed by atoms with van der Waals surface area (Å²) in [6.45, 7) is 7.11. The quantitative estimate of drug-likeness (QED) is 0.835. The van der Waals surface area contributed by atoms with Crippen molar-refractivity contribution >= 4 is 21.8 Å². The number of amides is 1. The summed E-state index contributed by atoms with van der Waals surface area (Å²) >= 11 is 3.53. The van der Waals surface area contributed by atoms with E-state index in [0.29, 0.717) is 31.3 Å². The van der Waals surface area contributed by atoms with Crippen molar-refractivity contribution in [2.24, 2.45) is 11.7 Å². The lowest BCUT2D eigenvalue weighted by Crippen LogP contribution is -2.42. The van der Waals surface area contributed by atoms with Crippen LogP contribution in [0.25, 0.3) is 0 Å². The number of halogens is 1. The molecule has 1 amide bonds. The normalized spacial score (nSPS) is 16.3. The minimum Gasteiger partial charge on any atom is -0.486 e. The number of hydrogen-bond donors (Lipinski definition) is 2. The maximum atomic E-state index is 12.2. The maximum Gasteiger partial charge on any atom is 0.237 e. The number of ether oxygens (including phenoxy) is 2. The predicted octanol–water partition coefficient (Wildman–Crippen LogP) is 2.77. The van der Waals surface area contributed by atoms with Crippen molar-refractivity contribution in [1.29, 1.82) is 0 Å². The van der Waals surface area contributed by atoms with E-state index in [4.69, 9.17) is 15.2 Å². The SMILES string of the molecule is CC(C)C[C@H](N)C(=O)NC(C)c1cc2c(cc1Br)OCCO2. The Morgan fingerprint density at radius 1 is 1.27 bits per heavy atom.